The molecule has 0 aliphatic heterocycles. The molecule has 2 rings (SSSR count). The first-order chi connectivity index (χ1) is 11.5. The highest BCUT2D eigenvalue weighted by atomic mass is 32.1. The molecule has 2 aromatic rings. The minimum absolute atomic E-state index is 0.138. The number of nitrogens with zero attached hydrogens (tertiary/aromatic N) is 2. The number of likely N-dealkylation sites (N-methyl/N-ethyl adjacent to an activating group) is 1. The highest BCUT2D eigenvalue weighted by Crippen LogP contribution is 2.20. The molecule has 6 heteroatoms. The number of benzene rings is 1. The third-order valence-electron chi connectivity index (χ3n) is 3.54. The molecule has 1 aromatic carbocycles. The molecule has 1 heterocycles. The quantitative estimate of drug-likeness (QED) is 0.797. The average Bonchev–Trinajstić information content (AvgIpc) is 3.02. The third kappa shape index (κ3) is 5.62. The van der Waals surface area contributed by atoms with Gasteiger partial charge in [-0.15, -0.1) is 11.3 Å². The van der Waals surface area contributed by atoms with E-state index in [1.54, 1.807) is 5.38 Å². The van der Waals surface area contributed by atoms with Crippen molar-refractivity contribution in [1.82, 2.24) is 15.2 Å². The van der Waals surface area contributed by atoms with E-state index in [2.05, 4.69) is 36.3 Å². The van der Waals surface area contributed by atoms with Gasteiger partial charge in [0.25, 0.3) is 5.91 Å². The maximum absolute atomic E-state index is 12.0. The Morgan fingerprint density at radius 2 is 2.00 bits per heavy atom. The maximum Gasteiger partial charge on any atom is 0.270 e. The summed E-state index contributed by atoms with van der Waals surface area (Å²) in [5, 5.41) is 5.42. The summed E-state index contributed by atoms with van der Waals surface area (Å²) < 4.78 is 5.74. The number of rotatable bonds is 8. The summed E-state index contributed by atoms with van der Waals surface area (Å²) in [4.78, 5) is 18.3. The van der Waals surface area contributed by atoms with Gasteiger partial charge in [0.2, 0.25) is 0 Å². The van der Waals surface area contributed by atoms with Crippen molar-refractivity contribution in [2.45, 2.75) is 26.4 Å². The standard InChI is InChI=1S/C18H25N3O2S/c1-13(2)14-5-7-15(8-6-14)23-11-17-20-16(12-24-17)18(22)19-9-10-21(3)4/h5-8,12-13H,9-11H2,1-4H3,(H,19,22). The van der Waals surface area contributed by atoms with E-state index in [-0.39, 0.29) is 5.91 Å². The number of carbonyl (C=O) groups excluding carboxylic acids is 1. The number of carbonyl (C=O) groups is 1. The van der Waals surface area contributed by atoms with Crippen LogP contribution in [0.25, 0.3) is 0 Å². The van der Waals surface area contributed by atoms with Crippen molar-refractivity contribution in [1.29, 1.82) is 0 Å². The molecule has 0 aliphatic rings. The Labute approximate surface area is 147 Å². The van der Waals surface area contributed by atoms with Crippen LogP contribution in [-0.4, -0.2) is 43.0 Å². The van der Waals surface area contributed by atoms with Crippen LogP contribution in [0.1, 0.15) is 40.8 Å². The summed E-state index contributed by atoms with van der Waals surface area (Å²) in [7, 11) is 3.94. The fraction of sp³-hybridized carbons (Fsp3) is 0.444. The molecule has 0 spiro atoms. The first kappa shape index (κ1) is 18.4. The Bertz CT molecular complexity index is 651. The molecule has 1 aromatic heterocycles. The first-order valence-electron chi connectivity index (χ1n) is 8.06. The van der Waals surface area contributed by atoms with Crippen molar-refractivity contribution in [2.75, 3.05) is 27.2 Å². The number of hydrogen-bond acceptors (Lipinski definition) is 5. The van der Waals surface area contributed by atoms with E-state index in [4.69, 9.17) is 4.74 Å². The average molecular weight is 347 g/mol. The number of nitrogens with one attached hydrogen (secondary N) is 1. The highest BCUT2D eigenvalue weighted by molar-refractivity contribution is 7.09. The minimum Gasteiger partial charge on any atom is -0.486 e. The van der Waals surface area contributed by atoms with Crippen LogP contribution in [0.15, 0.2) is 29.6 Å². The molecule has 5 nitrogen and oxygen atoms in total. The normalized spacial score (nSPS) is 11.1. The van der Waals surface area contributed by atoms with Gasteiger partial charge in [0, 0.05) is 18.5 Å². The van der Waals surface area contributed by atoms with E-state index in [1.807, 2.05) is 31.1 Å². The smallest absolute Gasteiger partial charge is 0.270 e. The Hall–Kier alpha value is -1.92. The molecule has 0 saturated carbocycles. The molecule has 0 aliphatic carbocycles. The predicted octanol–water partition coefficient (Wildman–Crippen LogP) is 3.14. The third-order valence-corrected chi connectivity index (χ3v) is 4.36. The zero-order valence-electron chi connectivity index (χ0n) is 14.7. The van der Waals surface area contributed by atoms with Crippen molar-refractivity contribution in [3.63, 3.8) is 0 Å². The zero-order valence-corrected chi connectivity index (χ0v) is 15.5. The van der Waals surface area contributed by atoms with Gasteiger partial charge >= 0.3 is 0 Å². The molecule has 0 unspecified atom stereocenters. The summed E-state index contributed by atoms with van der Waals surface area (Å²) in [5.41, 5.74) is 1.74. The van der Waals surface area contributed by atoms with Gasteiger partial charge in [-0.05, 0) is 37.7 Å². The van der Waals surface area contributed by atoms with E-state index in [9.17, 15) is 4.79 Å². The van der Waals surface area contributed by atoms with Crippen LogP contribution in [-0.2, 0) is 6.61 Å². The van der Waals surface area contributed by atoms with E-state index in [0.717, 1.165) is 17.3 Å². The largest absolute Gasteiger partial charge is 0.486 e. The maximum atomic E-state index is 12.0. The molecule has 1 N–H and O–H groups in total. The minimum atomic E-state index is -0.138. The Morgan fingerprint density at radius 3 is 2.62 bits per heavy atom. The molecule has 130 valence electrons. The van der Waals surface area contributed by atoms with Crippen LogP contribution in [0.3, 0.4) is 0 Å². The lowest BCUT2D eigenvalue weighted by Gasteiger charge is -2.09. The molecular weight excluding hydrogens is 322 g/mol. The summed E-state index contributed by atoms with van der Waals surface area (Å²) in [6.45, 7) is 6.11. The summed E-state index contributed by atoms with van der Waals surface area (Å²) in [5.74, 6) is 1.18. The second-order valence-electron chi connectivity index (χ2n) is 6.20. The van der Waals surface area contributed by atoms with Crippen molar-refractivity contribution in [3.8, 4) is 5.75 Å². The lowest BCUT2D eigenvalue weighted by atomic mass is 10.0. The topological polar surface area (TPSA) is 54.5 Å². The molecule has 0 bridgehead atoms. The number of ether oxygens (including phenoxy) is 1. The SMILES string of the molecule is CC(C)c1ccc(OCc2nc(C(=O)NCCN(C)C)cs2)cc1. The van der Waals surface area contributed by atoms with E-state index >= 15 is 0 Å². The Kier molecular flexibility index (Phi) is 6.75. The first-order valence-corrected chi connectivity index (χ1v) is 8.93. The number of aromatic nitrogens is 1. The lowest BCUT2D eigenvalue weighted by molar-refractivity contribution is 0.0946. The highest BCUT2D eigenvalue weighted by Gasteiger charge is 2.11. The number of thiazole rings is 1. The van der Waals surface area contributed by atoms with Crippen molar-refractivity contribution >= 4 is 17.2 Å². The van der Waals surface area contributed by atoms with Crippen LogP contribution in [0.4, 0.5) is 0 Å². The van der Waals surface area contributed by atoms with Gasteiger partial charge in [-0.1, -0.05) is 26.0 Å². The van der Waals surface area contributed by atoms with Gasteiger partial charge in [0.1, 0.15) is 23.1 Å². The van der Waals surface area contributed by atoms with Crippen LogP contribution in [0, 0.1) is 0 Å². The fourth-order valence-electron chi connectivity index (χ4n) is 2.06. The van der Waals surface area contributed by atoms with E-state index < -0.39 is 0 Å². The molecule has 0 fully saturated rings. The Balaban J connectivity index is 1.83. The van der Waals surface area contributed by atoms with Gasteiger partial charge in [-0.25, -0.2) is 4.98 Å². The number of amides is 1. The second kappa shape index (κ2) is 8.80. The molecule has 0 radical (unpaired) electrons. The van der Waals surface area contributed by atoms with Crippen molar-refractivity contribution in [3.05, 3.63) is 45.9 Å². The van der Waals surface area contributed by atoms with Crippen LogP contribution < -0.4 is 10.1 Å². The van der Waals surface area contributed by atoms with E-state index in [1.165, 1.54) is 16.9 Å². The van der Waals surface area contributed by atoms with Crippen LogP contribution in [0.2, 0.25) is 0 Å². The Morgan fingerprint density at radius 1 is 1.29 bits per heavy atom. The monoisotopic (exact) mass is 347 g/mol. The van der Waals surface area contributed by atoms with Gasteiger partial charge < -0.3 is 15.0 Å². The van der Waals surface area contributed by atoms with Gasteiger partial charge in [-0.2, -0.15) is 0 Å². The summed E-state index contributed by atoms with van der Waals surface area (Å²) in [6, 6.07) is 8.09. The van der Waals surface area contributed by atoms with Crippen LogP contribution >= 0.6 is 11.3 Å². The second-order valence-corrected chi connectivity index (χ2v) is 7.14. The molecule has 24 heavy (non-hydrogen) atoms. The number of hydrogen-bond donors (Lipinski definition) is 1. The van der Waals surface area contributed by atoms with E-state index in [0.29, 0.717) is 24.8 Å². The van der Waals surface area contributed by atoms with Gasteiger partial charge in [-0.3, -0.25) is 4.79 Å². The molecule has 1 amide bonds. The van der Waals surface area contributed by atoms with Gasteiger partial charge in [0.05, 0.1) is 0 Å². The fourth-order valence-corrected chi connectivity index (χ4v) is 2.74. The zero-order chi connectivity index (χ0) is 17.5. The van der Waals surface area contributed by atoms with Gasteiger partial charge in [0.15, 0.2) is 0 Å². The molecule has 0 atom stereocenters. The predicted molar refractivity (Wildman–Crippen MR) is 97.9 cm³/mol. The molecular formula is C18H25N3O2S. The summed E-state index contributed by atoms with van der Waals surface area (Å²) >= 11 is 1.44. The lowest BCUT2D eigenvalue weighted by Crippen LogP contribution is -2.31. The van der Waals surface area contributed by atoms with Crippen LogP contribution in [0.5, 0.6) is 5.75 Å². The molecule has 0 saturated heterocycles. The van der Waals surface area contributed by atoms with Crippen molar-refractivity contribution in [2.24, 2.45) is 0 Å². The summed E-state index contributed by atoms with van der Waals surface area (Å²) in [6.07, 6.45) is 0. The van der Waals surface area contributed by atoms with Crippen molar-refractivity contribution < 1.29 is 9.53 Å².